The fraction of sp³-hybridized carbons (Fsp3) is 0.333. The van der Waals surface area contributed by atoms with Crippen LogP contribution in [0.3, 0.4) is 0 Å². The van der Waals surface area contributed by atoms with Gasteiger partial charge < -0.3 is 15.2 Å². The molecule has 1 aliphatic rings. The second-order valence-electron chi connectivity index (χ2n) is 9.27. The van der Waals surface area contributed by atoms with Crippen molar-refractivity contribution in [3.8, 4) is 17.3 Å². The van der Waals surface area contributed by atoms with Crippen molar-refractivity contribution in [2.45, 2.75) is 51.6 Å². The first-order chi connectivity index (χ1) is 18.1. The molecular weight excluding hydrogens is 468 g/mol. The minimum absolute atomic E-state index is 0.0860. The quantitative estimate of drug-likeness (QED) is 0.332. The molecule has 188 valence electrons. The Morgan fingerprint density at radius 2 is 2.14 bits per heavy atom. The van der Waals surface area contributed by atoms with Crippen LogP contribution in [0.5, 0.6) is 0 Å². The Morgan fingerprint density at radius 3 is 2.92 bits per heavy atom. The van der Waals surface area contributed by atoms with Gasteiger partial charge >= 0.3 is 0 Å². The van der Waals surface area contributed by atoms with E-state index in [0.717, 1.165) is 24.1 Å². The van der Waals surface area contributed by atoms with Crippen molar-refractivity contribution in [1.82, 2.24) is 30.2 Å². The number of carbonyl (C=O) groups is 1. The van der Waals surface area contributed by atoms with E-state index in [1.54, 1.807) is 43.6 Å². The lowest BCUT2D eigenvalue weighted by atomic mass is 9.96. The second-order valence-corrected chi connectivity index (χ2v) is 9.27. The highest BCUT2D eigenvalue weighted by atomic mass is 16.5. The highest BCUT2D eigenvalue weighted by Crippen LogP contribution is 2.36. The smallest absolute Gasteiger partial charge is 0.251 e. The molecule has 4 aromatic rings. The molecule has 5 rings (SSSR count). The molecule has 1 fully saturated rings. The van der Waals surface area contributed by atoms with Gasteiger partial charge in [0, 0.05) is 35.3 Å². The molecule has 3 heterocycles. The average Bonchev–Trinajstić information content (AvgIpc) is 3.69. The van der Waals surface area contributed by atoms with Gasteiger partial charge in [-0.25, -0.2) is 9.97 Å². The standard InChI is InChI=1S/C27H28N8O2/c1-18-13-23(34-37-18)16-30-26(36)20-7-4-8-22(14-20)32-27-29-12-10-24(33-27)21-15-31-35(17-21)25(9-11-28)19-5-2-3-6-19/h4,7-8,10,12-15,17,19,25H,2-3,5-6,9,16H2,1H3,(H,30,36)(H,29,32,33). The van der Waals surface area contributed by atoms with Crippen molar-refractivity contribution in [2.24, 2.45) is 5.92 Å². The highest BCUT2D eigenvalue weighted by Gasteiger charge is 2.27. The zero-order chi connectivity index (χ0) is 25.6. The van der Waals surface area contributed by atoms with Gasteiger partial charge in [-0.05, 0) is 49.9 Å². The molecule has 1 unspecified atom stereocenters. The third-order valence-corrected chi connectivity index (χ3v) is 6.62. The van der Waals surface area contributed by atoms with Crippen molar-refractivity contribution in [3.05, 3.63) is 72.0 Å². The maximum atomic E-state index is 12.6. The molecule has 1 aliphatic carbocycles. The van der Waals surface area contributed by atoms with E-state index in [0.29, 0.717) is 41.0 Å². The second kappa shape index (κ2) is 11.0. The molecule has 0 radical (unpaired) electrons. The van der Waals surface area contributed by atoms with Crippen LogP contribution in [0.1, 0.15) is 60.0 Å². The summed E-state index contributed by atoms with van der Waals surface area (Å²) in [7, 11) is 0. The summed E-state index contributed by atoms with van der Waals surface area (Å²) in [6, 6.07) is 13.1. The number of anilines is 2. The summed E-state index contributed by atoms with van der Waals surface area (Å²) in [6.07, 6.45) is 10.6. The van der Waals surface area contributed by atoms with Crippen LogP contribution in [0, 0.1) is 24.2 Å². The van der Waals surface area contributed by atoms with Crippen LogP contribution in [0.15, 0.2) is 59.5 Å². The van der Waals surface area contributed by atoms with E-state index in [9.17, 15) is 10.1 Å². The summed E-state index contributed by atoms with van der Waals surface area (Å²) in [5, 5.41) is 23.8. The molecule has 37 heavy (non-hydrogen) atoms. The first kappa shape index (κ1) is 24.2. The average molecular weight is 497 g/mol. The van der Waals surface area contributed by atoms with Gasteiger partial charge in [0.1, 0.15) is 11.5 Å². The van der Waals surface area contributed by atoms with Gasteiger partial charge in [-0.15, -0.1) is 0 Å². The van der Waals surface area contributed by atoms with E-state index in [2.05, 4.69) is 36.9 Å². The van der Waals surface area contributed by atoms with E-state index in [-0.39, 0.29) is 18.5 Å². The number of benzene rings is 1. The Kier molecular flexibility index (Phi) is 7.21. The summed E-state index contributed by atoms with van der Waals surface area (Å²) in [5.41, 5.74) is 3.44. The fourth-order valence-electron chi connectivity index (χ4n) is 4.78. The van der Waals surface area contributed by atoms with Gasteiger partial charge in [-0.1, -0.05) is 24.1 Å². The molecular formula is C27H28N8O2. The summed E-state index contributed by atoms with van der Waals surface area (Å²) in [4.78, 5) is 21.6. The van der Waals surface area contributed by atoms with Gasteiger partial charge in [0.2, 0.25) is 5.95 Å². The summed E-state index contributed by atoms with van der Waals surface area (Å²) in [5.74, 6) is 1.37. The lowest BCUT2D eigenvalue weighted by Gasteiger charge is -2.21. The highest BCUT2D eigenvalue weighted by molar-refractivity contribution is 5.95. The van der Waals surface area contributed by atoms with Crippen LogP contribution >= 0.6 is 0 Å². The maximum Gasteiger partial charge on any atom is 0.251 e. The number of aromatic nitrogens is 5. The van der Waals surface area contributed by atoms with Crippen LogP contribution in [0.2, 0.25) is 0 Å². The Hall–Kier alpha value is -4.52. The number of aryl methyl sites for hydroxylation is 1. The molecule has 3 aromatic heterocycles. The Morgan fingerprint density at radius 1 is 1.27 bits per heavy atom. The summed E-state index contributed by atoms with van der Waals surface area (Å²) in [6.45, 7) is 2.08. The number of nitrogens with zero attached hydrogens (tertiary/aromatic N) is 6. The predicted octanol–water partition coefficient (Wildman–Crippen LogP) is 4.96. The van der Waals surface area contributed by atoms with Crippen LogP contribution in [0.25, 0.3) is 11.3 Å². The summed E-state index contributed by atoms with van der Waals surface area (Å²) >= 11 is 0. The zero-order valence-corrected chi connectivity index (χ0v) is 20.6. The Balaban J connectivity index is 1.27. The molecule has 1 aromatic carbocycles. The van der Waals surface area contributed by atoms with E-state index < -0.39 is 0 Å². The molecule has 1 amide bonds. The third-order valence-electron chi connectivity index (χ3n) is 6.62. The third kappa shape index (κ3) is 5.83. The molecule has 1 saturated carbocycles. The summed E-state index contributed by atoms with van der Waals surface area (Å²) < 4.78 is 6.96. The van der Waals surface area contributed by atoms with Crippen molar-refractivity contribution < 1.29 is 9.32 Å². The number of nitriles is 1. The molecule has 10 nitrogen and oxygen atoms in total. The lowest BCUT2D eigenvalue weighted by molar-refractivity contribution is 0.0950. The minimum atomic E-state index is -0.222. The van der Waals surface area contributed by atoms with E-state index in [1.807, 2.05) is 23.0 Å². The van der Waals surface area contributed by atoms with E-state index in [4.69, 9.17) is 4.52 Å². The molecule has 0 spiro atoms. The first-order valence-electron chi connectivity index (χ1n) is 12.4. The van der Waals surface area contributed by atoms with Crippen LogP contribution < -0.4 is 10.6 Å². The number of amides is 1. The van der Waals surface area contributed by atoms with Crippen LogP contribution in [-0.4, -0.2) is 30.8 Å². The molecule has 10 heteroatoms. The SMILES string of the molecule is Cc1cc(CNC(=O)c2cccc(Nc3nccc(-c4cnn(C(CC#N)C5CCCC5)c4)n3)c2)no1. The van der Waals surface area contributed by atoms with Crippen molar-refractivity contribution in [1.29, 1.82) is 5.26 Å². The van der Waals surface area contributed by atoms with Crippen molar-refractivity contribution >= 4 is 17.5 Å². The van der Waals surface area contributed by atoms with Crippen molar-refractivity contribution in [2.75, 3.05) is 5.32 Å². The molecule has 1 atom stereocenters. The number of hydrogen-bond donors (Lipinski definition) is 2. The normalized spacial score (nSPS) is 14.3. The largest absolute Gasteiger partial charge is 0.361 e. The van der Waals surface area contributed by atoms with Gasteiger partial charge in [0.15, 0.2) is 0 Å². The van der Waals surface area contributed by atoms with Gasteiger partial charge in [0.25, 0.3) is 5.91 Å². The maximum absolute atomic E-state index is 12.6. The molecule has 0 saturated heterocycles. The van der Waals surface area contributed by atoms with Crippen molar-refractivity contribution in [3.63, 3.8) is 0 Å². The Bertz CT molecular complexity index is 1410. The molecule has 2 N–H and O–H groups in total. The monoisotopic (exact) mass is 496 g/mol. The van der Waals surface area contributed by atoms with E-state index in [1.165, 1.54) is 12.8 Å². The van der Waals surface area contributed by atoms with Crippen LogP contribution in [-0.2, 0) is 6.54 Å². The first-order valence-corrected chi connectivity index (χ1v) is 12.4. The van der Waals surface area contributed by atoms with E-state index >= 15 is 0 Å². The number of rotatable bonds is 9. The molecule has 0 bridgehead atoms. The van der Waals surface area contributed by atoms with Crippen LogP contribution in [0.4, 0.5) is 11.6 Å². The predicted molar refractivity (Wildman–Crippen MR) is 137 cm³/mol. The van der Waals surface area contributed by atoms with Gasteiger partial charge in [-0.3, -0.25) is 9.48 Å². The number of hydrogen-bond acceptors (Lipinski definition) is 8. The Labute approximate surface area is 214 Å². The number of nitrogens with one attached hydrogen (secondary N) is 2. The minimum Gasteiger partial charge on any atom is -0.361 e. The van der Waals surface area contributed by atoms with Gasteiger partial charge in [-0.2, -0.15) is 10.4 Å². The zero-order valence-electron chi connectivity index (χ0n) is 20.6. The number of carbonyl (C=O) groups excluding carboxylic acids is 1. The molecule has 0 aliphatic heterocycles. The lowest BCUT2D eigenvalue weighted by Crippen LogP contribution is -2.22. The fourth-order valence-corrected chi connectivity index (χ4v) is 4.78. The van der Waals surface area contributed by atoms with Gasteiger partial charge in [0.05, 0.1) is 37.0 Å². The topological polar surface area (TPSA) is 135 Å².